The lowest BCUT2D eigenvalue weighted by atomic mass is 9.72. The molecule has 11 aliphatic heterocycles. The Kier molecular flexibility index (Phi) is 25.7. The highest BCUT2D eigenvalue weighted by Gasteiger charge is 2.56. The number of imide groups is 4. The minimum Gasteiger partial charge on any atom is -0.497 e. The van der Waals surface area contributed by atoms with Crippen molar-refractivity contribution in [2.75, 3.05) is 87.8 Å². The zero-order valence-corrected chi connectivity index (χ0v) is 76.4. The molecule has 1 aromatic heterocycles. The van der Waals surface area contributed by atoms with Gasteiger partial charge in [-0.3, -0.25) is 79.0 Å². The van der Waals surface area contributed by atoms with Crippen LogP contribution in [-0.2, 0) is 82.7 Å². The number of urea groups is 4. The maximum atomic E-state index is 14.8. The fourth-order valence-corrected chi connectivity index (χ4v) is 19.2. The number of pyridine rings is 1. The second kappa shape index (κ2) is 37.9. The molecular weight excluding hydrogens is 1830 g/mol. The molecule has 8 aromatic rings. The number of aromatic nitrogens is 1. The van der Waals surface area contributed by atoms with E-state index in [1.54, 1.807) is 115 Å². The molecule has 0 bridgehead atoms. The largest absolute Gasteiger partial charge is 0.497 e. The number of piperidine rings is 2. The number of carbonyl (C=O) groups is 15. The van der Waals surface area contributed by atoms with Crippen LogP contribution in [0, 0.1) is 64.8 Å². The van der Waals surface area contributed by atoms with Gasteiger partial charge >= 0.3 is 24.1 Å². The molecule has 0 saturated carbocycles. The number of hydrogen-bond donors (Lipinski definition) is 12. The third kappa shape index (κ3) is 18.2. The first-order valence-corrected chi connectivity index (χ1v) is 44.6. The van der Waals surface area contributed by atoms with Gasteiger partial charge in [-0.1, -0.05) is 102 Å². The van der Waals surface area contributed by atoms with Crippen LogP contribution in [0.1, 0.15) is 147 Å². The van der Waals surface area contributed by atoms with Gasteiger partial charge in [-0.05, 0) is 195 Å². The number of benzene rings is 7. The predicted octanol–water partition coefficient (Wildman–Crippen LogP) is 3.19. The van der Waals surface area contributed by atoms with Crippen molar-refractivity contribution in [1.29, 1.82) is 0 Å². The van der Waals surface area contributed by atoms with E-state index < -0.39 is 122 Å². The molecule has 7 aromatic carbocycles. The van der Waals surface area contributed by atoms with Gasteiger partial charge in [0.05, 0.1) is 88.7 Å². The van der Waals surface area contributed by atoms with Gasteiger partial charge in [-0.2, -0.15) is 0 Å². The molecule has 7 fully saturated rings. The number of primary amides is 1. The van der Waals surface area contributed by atoms with Crippen molar-refractivity contribution in [3.63, 3.8) is 0 Å². The molecule has 141 heavy (non-hydrogen) atoms. The summed E-state index contributed by atoms with van der Waals surface area (Å²) in [6.45, 7) is 2.46. The molecule has 40 heteroatoms. The van der Waals surface area contributed by atoms with Gasteiger partial charge < -0.3 is 86.2 Å². The SMILES string of the molecule is COc1ccc2c(c1)C(=O)N(C[C@@]1(C#Cc3ccc4c(c3)CCC43NC(=O)CC3=O)NC(=O)NC1=O)C2.COc1ccc2c(c1F)C(=O)N(C[C@@]1(C#Cc3ccc(C4(C(N)=O)CCN(C)CC4)cc3)NC(=O)NC1=O)C2.COc1ccc2c(c1F)C(=O)N(C[C@@]1(C#Cc3ccc(C4(O)CCNCC4)cc3)NC(=O)NC1=O)C2.COc1ccc2c(c1F)C(=O)N(C[C@@]1(C#Cc3cccnc3)NC(=O)NC1=O)C2. The summed E-state index contributed by atoms with van der Waals surface area (Å²) < 4.78 is 64.2. The van der Waals surface area contributed by atoms with Crippen LogP contribution in [0.15, 0.2) is 146 Å². The molecule has 18 amide bonds. The van der Waals surface area contributed by atoms with Crippen LogP contribution in [0.2, 0.25) is 0 Å². The number of likely N-dealkylation sites (tertiary alicyclic amines) is 1. The molecule has 13 N–H and O–H groups in total. The van der Waals surface area contributed by atoms with Gasteiger partial charge in [0.2, 0.25) is 34.0 Å². The Morgan fingerprint density at radius 1 is 0.447 bits per heavy atom. The standard InChI is InChI=1S/C28H28FN5O5.C27H22N4O6.C26H25FN4O5.C20H15FN4O4/c1-33-13-11-27(12-14-33,24(30)36)19-6-3-17(4-7-19)9-10-28(25(37)31-26(38)32-28)16-34-15-18-5-8-20(39-2)22(29)21(18)23(34)35;1-37-18-4-3-17-13-31(23(34)19(17)11-18)14-26(24(35)28-25(36)30-26)8-6-15-2-5-20-16(10-15)7-9-27(20)21(32)12-22(33)29-27;1-36-19-7-4-17-14-31(22(32)20(17)21(19)27)15-25(23(33)29-24(34)30-25)9-8-16-2-5-18(6-3-16)26(35)10-12-28-13-11-26;1-29-14-5-4-13-10-25(17(26)15(13)16(14)21)11-20(18(27)23-19(28)24-20)7-6-12-3-2-8-22-9-12/h3-8H,11-16H2,1-2H3,(H2,30,36)(H2,31,32,37,38);2-5,10-11H,7,9,12-14H2,1H3,(H,29,33)(H2,28,30,35,36);2-7,28,35H,10-15H2,1H3,(H2,29,30,33,34);2-5,8-9H,10-11H2,1H3,(H2,23,24,27,28)/t28-;26-,27?;25-;20-/m1111/s1. The number of nitrogens with one attached hydrogen (secondary N) is 10. The molecule has 12 aliphatic rings. The number of aliphatic hydroxyl groups is 1. The number of rotatable bonds is 15. The maximum absolute atomic E-state index is 14.8. The van der Waals surface area contributed by atoms with Gasteiger partial charge in [0.1, 0.15) is 11.3 Å². The molecule has 0 radical (unpaired) electrons. The molecular formula is C101H90F3N17O20. The van der Waals surface area contributed by atoms with E-state index in [0.717, 1.165) is 54.0 Å². The summed E-state index contributed by atoms with van der Waals surface area (Å²) in [5, 5.41) is 35.9. The fraction of sp³-hybridized carbons (Fsp3) is 0.307. The van der Waals surface area contributed by atoms with E-state index in [1.165, 1.54) is 72.4 Å². The lowest BCUT2D eigenvalue weighted by molar-refractivity contribution is -0.125. The second-order valence-corrected chi connectivity index (χ2v) is 35.6. The number of nitrogens with two attached hydrogens (primary N) is 1. The number of aryl methyl sites for hydroxylation is 1. The monoisotopic (exact) mass is 1920 g/mol. The van der Waals surface area contributed by atoms with E-state index in [9.17, 15) is 90.2 Å². The Hall–Kier alpha value is -17.0. The average molecular weight is 1920 g/mol. The van der Waals surface area contributed by atoms with E-state index in [2.05, 4.69) is 110 Å². The molecule has 5 atom stereocenters. The van der Waals surface area contributed by atoms with Gasteiger partial charge in [-0.15, -0.1) is 0 Å². The van der Waals surface area contributed by atoms with Crippen molar-refractivity contribution in [1.82, 2.24) is 82.7 Å². The van der Waals surface area contributed by atoms with Crippen molar-refractivity contribution in [3.05, 3.63) is 252 Å². The first kappa shape index (κ1) is 95.8. The molecule has 720 valence electrons. The molecule has 1 aliphatic carbocycles. The van der Waals surface area contributed by atoms with Gasteiger partial charge in [0.15, 0.2) is 40.5 Å². The van der Waals surface area contributed by atoms with Gasteiger partial charge in [0.25, 0.3) is 47.3 Å². The second-order valence-electron chi connectivity index (χ2n) is 35.6. The fourth-order valence-electron chi connectivity index (χ4n) is 19.2. The normalized spacial score (nSPS) is 22.6. The quantitative estimate of drug-likeness (QED) is 0.0398. The van der Waals surface area contributed by atoms with E-state index >= 15 is 0 Å². The molecule has 37 nitrogen and oxygen atoms in total. The number of amides is 18. The zero-order chi connectivity index (χ0) is 100.0. The lowest BCUT2D eigenvalue weighted by Crippen LogP contribution is -2.54. The van der Waals surface area contributed by atoms with Crippen molar-refractivity contribution < 1.29 is 109 Å². The van der Waals surface area contributed by atoms with E-state index in [-0.39, 0.29) is 116 Å². The summed E-state index contributed by atoms with van der Waals surface area (Å²) in [6, 6.07) is 34.3. The molecule has 12 heterocycles. The number of Topliss-reactive ketones (excluding diaryl/α,β-unsaturated/α-hetero) is 1. The summed E-state index contributed by atoms with van der Waals surface area (Å²) in [4.78, 5) is 199. The maximum Gasteiger partial charge on any atom is 0.323 e. The number of methoxy groups -OCH3 is 4. The van der Waals surface area contributed by atoms with Crippen LogP contribution < -0.4 is 77.8 Å². The Bertz CT molecular complexity index is 6990. The summed E-state index contributed by atoms with van der Waals surface area (Å²) >= 11 is 0. The van der Waals surface area contributed by atoms with Crippen LogP contribution in [0.25, 0.3) is 0 Å². The highest BCUT2D eigenvalue weighted by atomic mass is 19.1. The van der Waals surface area contributed by atoms with E-state index in [4.69, 9.17) is 24.7 Å². The van der Waals surface area contributed by atoms with Crippen LogP contribution in [0.5, 0.6) is 23.0 Å². The third-order valence-corrected chi connectivity index (χ3v) is 26.9. The Balaban J connectivity index is 0.000000130. The first-order valence-electron chi connectivity index (χ1n) is 44.6. The Morgan fingerprint density at radius 2 is 0.851 bits per heavy atom. The van der Waals surface area contributed by atoms with E-state index in [0.29, 0.717) is 88.8 Å². The summed E-state index contributed by atoms with van der Waals surface area (Å²) in [6.07, 6.45) is 6.48. The smallest absolute Gasteiger partial charge is 0.323 e. The van der Waals surface area contributed by atoms with E-state index in [1.807, 2.05) is 13.1 Å². The number of fused-ring (bicyclic) bond motifs is 6. The van der Waals surface area contributed by atoms with Crippen molar-refractivity contribution in [2.24, 2.45) is 5.73 Å². The van der Waals surface area contributed by atoms with Crippen LogP contribution in [0.3, 0.4) is 0 Å². The number of ketones is 1. The average Bonchev–Trinajstić information content (AvgIpc) is 1.57. The molecule has 1 spiro atoms. The van der Waals surface area contributed by atoms with Crippen molar-refractivity contribution in [2.45, 2.75) is 110 Å². The van der Waals surface area contributed by atoms with Gasteiger partial charge in [-0.25, -0.2) is 32.3 Å². The predicted molar refractivity (Wildman–Crippen MR) is 491 cm³/mol. The number of carbonyl (C=O) groups excluding carboxylic acids is 15. The highest BCUT2D eigenvalue weighted by Crippen LogP contribution is 2.44. The topological polar surface area (TPSA) is 489 Å². The Morgan fingerprint density at radius 3 is 1.24 bits per heavy atom. The Labute approximate surface area is 803 Å². The highest BCUT2D eigenvalue weighted by molar-refractivity contribution is 6.14. The lowest BCUT2D eigenvalue weighted by Gasteiger charge is -2.38. The number of nitrogens with zero attached hydrogens (tertiary/aromatic N) is 6. The number of halogens is 3. The minimum atomic E-state index is -1.74. The number of ether oxygens (including phenoxy) is 4. The van der Waals surface area contributed by atoms with Crippen LogP contribution >= 0.6 is 0 Å². The zero-order valence-electron chi connectivity index (χ0n) is 76.4. The summed E-state index contributed by atoms with van der Waals surface area (Å²) in [5.74, 6) is 15.4. The molecule has 20 rings (SSSR count). The molecule has 7 saturated heterocycles. The third-order valence-electron chi connectivity index (χ3n) is 26.9. The van der Waals surface area contributed by atoms with Crippen molar-refractivity contribution in [3.8, 4) is 70.4 Å². The van der Waals surface area contributed by atoms with Crippen LogP contribution in [-0.4, -0.2) is 234 Å². The van der Waals surface area contributed by atoms with Crippen LogP contribution in [0.4, 0.5) is 32.3 Å². The molecule has 1 unspecified atom stereocenters. The summed E-state index contributed by atoms with van der Waals surface area (Å²) in [7, 11) is 7.44. The minimum absolute atomic E-state index is 0.0424. The van der Waals surface area contributed by atoms with Crippen molar-refractivity contribution >= 4 is 89.0 Å². The van der Waals surface area contributed by atoms with Gasteiger partial charge in [0, 0.05) is 66.4 Å². The number of hydrogen-bond acceptors (Lipinski definition) is 23. The first-order chi connectivity index (χ1) is 67.5. The summed E-state index contributed by atoms with van der Waals surface area (Å²) in [5.41, 5.74) is 4.21.